The molecular formula is C13H15FN2O3. The van der Waals surface area contributed by atoms with E-state index >= 15 is 0 Å². The molecule has 6 heteroatoms. The summed E-state index contributed by atoms with van der Waals surface area (Å²) in [5.74, 6) is -0.589. The molecule has 1 saturated heterocycles. The first-order valence-corrected chi connectivity index (χ1v) is 6.18. The van der Waals surface area contributed by atoms with Crippen molar-refractivity contribution in [3.05, 3.63) is 34.1 Å². The van der Waals surface area contributed by atoms with Gasteiger partial charge in [-0.1, -0.05) is 0 Å². The standard InChI is InChI=1S/C13H15FN2O3/c1-9(17)10-3-2-6-15(8-10)13-5-4-11(16(18)19)7-12(13)14/h4-5,7,10H,2-3,6,8H2,1H3. The first kappa shape index (κ1) is 13.5. The van der Waals surface area contributed by atoms with Crippen molar-refractivity contribution < 1.29 is 14.1 Å². The number of carbonyl (C=O) groups excluding carboxylic acids is 1. The Morgan fingerprint density at radius 1 is 1.53 bits per heavy atom. The number of benzene rings is 1. The molecule has 0 saturated carbocycles. The molecule has 0 aliphatic carbocycles. The van der Waals surface area contributed by atoms with E-state index in [1.165, 1.54) is 12.1 Å². The zero-order chi connectivity index (χ0) is 14.0. The largest absolute Gasteiger partial charge is 0.368 e. The van der Waals surface area contributed by atoms with Crippen molar-refractivity contribution >= 4 is 17.2 Å². The number of nitro groups is 1. The summed E-state index contributed by atoms with van der Waals surface area (Å²) in [4.78, 5) is 23.1. The molecule has 2 rings (SSSR count). The first-order chi connectivity index (χ1) is 8.99. The molecule has 5 nitrogen and oxygen atoms in total. The zero-order valence-electron chi connectivity index (χ0n) is 10.6. The summed E-state index contributed by atoms with van der Waals surface area (Å²) < 4.78 is 13.9. The highest BCUT2D eigenvalue weighted by molar-refractivity contribution is 5.79. The van der Waals surface area contributed by atoms with E-state index in [1.807, 2.05) is 0 Å². The van der Waals surface area contributed by atoms with Gasteiger partial charge in [-0.25, -0.2) is 4.39 Å². The lowest BCUT2D eigenvalue weighted by atomic mass is 9.94. The van der Waals surface area contributed by atoms with Gasteiger partial charge in [-0.2, -0.15) is 0 Å². The van der Waals surface area contributed by atoms with Crippen LogP contribution in [0.1, 0.15) is 19.8 Å². The van der Waals surface area contributed by atoms with Gasteiger partial charge in [0.05, 0.1) is 16.7 Å². The van der Waals surface area contributed by atoms with Gasteiger partial charge >= 0.3 is 0 Å². The second kappa shape index (κ2) is 5.34. The third-order valence-corrected chi connectivity index (χ3v) is 3.48. The van der Waals surface area contributed by atoms with Crippen LogP contribution in [0.15, 0.2) is 18.2 Å². The van der Waals surface area contributed by atoms with Gasteiger partial charge in [0.2, 0.25) is 0 Å². The molecule has 0 spiro atoms. The average molecular weight is 266 g/mol. The van der Waals surface area contributed by atoms with Gasteiger partial charge in [0.25, 0.3) is 5.69 Å². The van der Waals surface area contributed by atoms with Crippen molar-refractivity contribution in [3.8, 4) is 0 Å². The summed E-state index contributed by atoms with van der Waals surface area (Å²) in [6, 6.07) is 3.62. The van der Waals surface area contributed by atoms with Crippen molar-refractivity contribution in [2.24, 2.45) is 5.92 Å². The number of hydrogen-bond acceptors (Lipinski definition) is 4. The highest BCUT2D eigenvalue weighted by Crippen LogP contribution is 2.28. The second-order valence-electron chi connectivity index (χ2n) is 4.79. The van der Waals surface area contributed by atoms with Crippen molar-refractivity contribution in [2.45, 2.75) is 19.8 Å². The van der Waals surface area contributed by atoms with Gasteiger partial charge in [0, 0.05) is 25.1 Å². The molecule has 102 valence electrons. The molecule has 0 amide bonds. The molecule has 0 radical (unpaired) electrons. The Morgan fingerprint density at radius 2 is 2.26 bits per heavy atom. The molecule has 1 fully saturated rings. The molecule has 19 heavy (non-hydrogen) atoms. The number of piperidine rings is 1. The summed E-state index contributed by atoms with van der Waals surface area (Å²) in [6.45, 7) is 2.68. The Kier molecular flexibility index (Phi) is 3.78. The number of Topliss-reactive ketones (excluding diaryl/α,β-unsaturated/α-hetero) is 1. The number of nitrogens with zero attached hydrogens (tertiary/aromatic N) is 2. The van der Waals surface area contributed by atoms with Crippen molar-refractivity contribution in [1.82, 2.24) is 0 Å². The number of nitro benzene ring substituents is 1. The summed E-state index contributed by atoms with van der Waals surface area (Å²) in [7, 11) is 0. The van der Waals surface area contributed by atoms with Gasteiger partial charge in [-0.3, -0.25) is 14.9 Å². The normalized spacial score (nSPS) is 19.3. The molecule has 1 aromatic carbocycles. The lowest BCUT2D eigenvalue weighted by molar-refractivity contribution is -0.385. The molecule has 0 N–H and O–H groups in total. The second-order valence-corrected chi connectivity index (χ2v) is 4.79. The topological polar surface area (TPSA) is 63.5 Å². The SMILES string of the molecule is CC(=O)C1CCCN(c2ccc([N+](=O)[O-])cc2F)C1. The summed E-state index contributed by atoms with van der Waals surface area (Å²) in [6.07, 6.45) is 1.64. The van der Waals surface area contributed by atoms with Gasteiger partial charge < -0.3 is 4.90 Å². The molecule has 1 unspecified atom stereocenters. The van der Waals surface area contributed by atoms with Crippen molar-refractivity contribution in [3.63, 3.8) is 0 Å². The number of hydrogen-bond donors (Lipinski definition) is 0. The average Bonchev–Trinajstić information content (AvgIpc) is 2.38. The van der Waals surface area contributed by atoms with Crippen LogP contribution < -0.4 is 4.90 Å². The maximum absolute atomic E-state index is 13.9. The monoisotopic (exact) mass is 266 g/mol. The Bertz CT molecular complexity index is 519. The Hall–Kier alpha value is -1.98. The molecule has 0 aromatic heterocycles. The number of rotatable bonds is 3. The third kappa shape index (κ3) is 2.89. The van der Waals surface area contributed by atoms with Crippen LogP contribution in [-0.4, -0.2) is 23.8 Å². The van der Waals surface area contributed by atoms with Crippen LogP contribution in [0.3, 0.4) is 0 Å². The summed E-state index contributed by atoms with van der Waals surface area (Å²) in [5, 5.41) is 10.6. The van der Waals surface area contributed by atoms with Crippen molar-refractivity contribution in [2.75, 3.05) is 18.0 Å². The lowest BCUT2D eigenvalue weighted by Gasteiger charge is -2.33. The van der Waals surface area contributed by atoms with Crippen LogP contribution >= 0.6 is 0 Å². The highest BCUT2D eigenvalue weighted by Gasteiger charge is 2.25. The zero-order valence-corrected chi connectivity index (χ0v) is 10.6. The molecule has 1 aliphatic heterocycles. The van der Waals surface area contributed by atoms with Crippen LogP contribution in [0.4, 0.5) is 15.8 Å². The smallest absolute Gasteiger partial charge is 0.272 e. The minimum Gasteiger partial charge on any atom is -0.368 e. The predicted octanol–water partition coefficient (Wildman–Crippen LogP) is 2.54. The minimum absolute atomic E-state index is 0.0802. The van der Waals surface area contributed by atoms with Gasteiger partial charge in [0.1, 0.15) is 5.78 Å². The van der Waals surface area contributed by atoms with Crippen LogP contribution in [0.25, 0.3) is 0 Å². The molecule has 1 atom stereocenters. The van der Waals surface area contributed by atoms with Gasteiger partial charge in [-0.05, 0) is 25.8 Å². The molecule has 0 bridgehead atoms. The lowest BCUT2D eigenvalue weighted by Crippen LogP contribution is -2.38. The number of halogens is 1. The van der Waals surface area contributed by atoms with E-state index in [2.05, 4.69) is 0 Å². The van der Waals surface area contributed by atoms with E-state index in [0.29, 0.717) is 18.8 Å². The van der Waals surface area contributed by atoms with E-state index < -0.39 is 10.7 Å². The Balaban J connectivity index is 2.22. The summed E-state index contributed by atoms with van der Waals surface area (Å²) in [5.41, 5.74) is 0.0675. The third-order valence-electron chi connectivity index (χ3n) is 3.48. The fourth-order valence-corrected chi connectivity index (χ4v) is 2.39. The highest BCUT2D eigenvalue weighted by atomic mass is 19.1. The summed E-state index contributed by atoms with van der Waals surface area (Å²) >= 11 is 0. The van der Waals surface area contributed by atoms with Crippen LogP contribution in [0.5, 0.6) is 0 Å². The number of non-ortho nitro benzene ring substituents is 1. The van der Waals surface area contributed by atoms with Crippen LogP contribution in [0, 0.1) is 21.8 Å². The molecule has 1 heterocycles. The van der Waals surface area contributed by atoms with E-state index in [1.54, 1.807) is 11.8 Å². The Morgan fingerprint density at radius 3 is 2.84 bits per heavy atom. The van der Waals surface area contributed by atoms with Crippen molar-refractivity contribution in [1.29, 1.82) is 0 Å². The van der Waals surface area contributed by atoms with E-state index in [4.69, 9.17) is 0 Å². The van der Waals surface area contributed by atoms with E-state index in [-0.39, 0.29) is 17.4 Å². The number of anilines is 1. The fraction of sp³-hybridized carbons (Fsp3) is 0.462. The quantitative estimate of drug-likeness (QED) is 0.623. The molecular weight excluding hydrogens is 251 g/mol. The van der Waals surface area contributed by atoms with Gasteiger partial charge in [0.15, 0.2) is 5.82 Å². The molecule has 1 aromatic rings. The fourth-order valence-electron chi connectivity index (χ4n) is 2.39. The first-order valence-electron chi connectivity index (χ1n) is 6.18. The minimum atomic E-state index is -0.624. The van der Waals surface area contributed by atoms with Crippen LogP contribution in [0.2, 0.25) is 0 Å². The number of carbonyl (C=O) groups is 1. The molecule has 1 aliphatic rings. The van der Waals surface area contributed by atoms with E-state index in [0.717, 1.165) is 18.9 Å². The maximum Gasteiger partial charge on any atom is 0.272 e. The number of ketones is 1. The van der Waals surface area contributed by atoms with Gasteiger partial charge in [-0.15, -0.1) is 0 Å². The van der Waals surface area contributed by atoms with Crippen LogP contribution in [-0.2, 0) is 4.79 Å². The van der Waals surface area contributed by atoms with E-state index in [9.17, 15) is 19.3 Å². The maximum atomic E-state index is 13.9. The Labute approximate surface area is 110 Å². The predicted molar refractivity (Wildman–Crippen MR) is 68.7 cm³/mol.